The van der Waals surface area contributed by atoms with Gasteiger partial charge in [0.05, 0.1) is 5.41 Å². The maximum atomic E-state index is 11.4. The van der Waals surface area contributed by atoms with E-state index in [2.05, 4.69) is 16.1 Å². The summed E-state index contributed by atoms with van der Waals surface area (Å²) in [6, 6.07) is 0. The minimum Gasteiger partial charge on any atom is -0.462 e. The number of carbonyl (C=O) groups is 3. The number of rotatable bonds is 7. The molecule has 0 aliphatic heterocycles. The van der Waals surface area contributed by atoms with Gasteiger partial charge in [-0.05, 0) is 27.7 Å². The zero-order valence-corrected chi connectivity index (χ0v) is 12.9. The van der Waals surface area contributed by atoms with E-state index >= 15 is 0 Å². The van der Waals surface area contributed by atoms with E-state index in [-0.39, 0.29) is 38.0 Å². The average Bonchev–Trinajstić information content (AvgIpc) is 2.37. The first-order chi connectivity index (χ1) is 9.64. The molecule has 0 spiro atoms. The van der Waals surface area contributed by atoms with Crippen LogP contribution in [0, 0.1) is 5.41 Å². The predicted molar refractivity (Wildman–Crippen MR) is 73.5 cm³/mol. The van der Waals surface area contributed by atoms with E-state index in [1.807, 2.05) is 0 Å². The van der Waals surface area contributed by atoms with Gasteiger partial charge in [-0.3, -0.25) is 4.79 Å². The molecule has 0 saturated heterocycles. The average molecular weight is 302 g/mol. The van der Waals surface area contributed by atoms with Crippen LogP contribution in [0.3, 0.4) is 0 Å². The molecule has 0 heterocycles. The first-order valence-electron chi connectivity index (χ1n) is 6.44. The smallest absolute Gasteiger partial charge is 0.462 e. The Balaban J connectivity index is 3.62. The second-order valence-corrected chi connectivity index (χ2v) is 5.25. The van der Waals surface area contributed by atoms with Gasteiger partial charge < -0.3 is 18.9 Å². The molecule has 0 bridgehead atoms. The van der Waals surface area contributed by atoms with Crippen molar-refractivity contribution in [3.63, 3.8) is 0 Å². The second-order valence-electron chi connectivity index (χ2n) is 5.25. The zero-order chi connectivity index (χ0) is 16.5. The van der Waals surface area contributed by atoms with Crippen LogP contribution in [0.4, 0.5) is 4.79 Å². The Morgan fingerprint density at radius 3 is 1.71 bits per heavy atom. The molecule has 7 heteroatoms. The Hall–Kier alpha value is -2.05. The molecule has 0 aromatic carbocycles. The lowest BCUT2D eigenvalue weighted by Gasteiger charge is -2.16. The Morgan fingerprint density at radius 1 is 0.857 bits per heavy atom. The summed E-state index contributed by atoms with van der Waals surface area (Å²) in [5.74, 6) is -0.938. The van der Waals surface area contributed by atoms with Crippen LogP contribution >= 0.6 is 0 Å². The summed E-state index contributed by atoms with van der Waals surface area (Å²) < 4.78 is 18.9. The molecule has 0 aromatic rings. The second kappa shape index (κ2) is 8.99. The van der Waals surface area contributed by atoms with E-state index in [0.717, 1.165) is 0 Å². The topological polar surface area (TPSA) is 88.1 Å². The van der Waals surface area contributed by atoms with E-state index in [0.29, 0.717) is 0 Å². The summed E-state index contributed by atoms with van der Waals surface area (Å²) in [7, 11) is 0. The molecule has 0 saturated carbocycles. The lowest BCUT2D eigenvalue weighted by Crippen LogP contribution is -2.25. The first kappa shape index (κ1) is 18.9. The van der Waals surface area contributed by atoms with Crippen LogP contribution in [-0.4, -0.2) is 44.5 Å². The lowest BCUT2D eigenvalue weighted by molar-refractivity contribution is -0.154. The highest BCUT2D eigenvalue weighted by Crippen LogP contribution is 2.14. The van der Waals surface area contributed by atoms with E-state index in [4.69, 9.17) is 9.47 Å². The van der Waals surface area contributed by atoms with Crippen molar-refractivity contribution in [2.75, 3.05) is 26.4 Å². The SMILES string of the molecule is C=C(C)C(=O)OCCOC(=O)OCCOC(=O)C(C)(C)C. The largest absolute Gasteiger partial charge is 0.508 e. The zero-order valence-electron chi connectivity index (χ0n) is 12.9. The lowest BCUT2D eigenvalue weighted by atomic mass is 9.97. The molecule has 0 N–H and O–H groups in total. The van der Waals surface area contributed by atoms with Gasteiger partial charge in [-0.1, -0.05) is 6.58 Å². The maximum absolute atomic E-state index is 11.4. The van der Waals surface area contributed by atoms with Crippen molar-refractivity contribution in [3.05, 3.63) is 12.2 Å². The fourth-order valence-electron chi connectivity index (χ4n) is 0.900. The van der Waals surface area contributed by atoms with E-state index in [9.17, 15) is 14.4 Å². The van der Waals surface area contributed by atoms with Gasteiger partial charge in [0.15, 0.2) is 0 Å². The Bertz CT molecular complexity index is 393. The third kappa shape index (κ3) is 9.48. The van der Waals surface area contributed by atoms with Gasteiger partial charge in [-0.15, -0.1) is 0 Å². The highest BCUT2D eigenvalue weighted by atomic mass is 16.7. The van der Waals surface area contributed by atoms with Gasteiger partial charge in [0.1, 0.15) is 26.4 Å². The molecule has 0 rings (SSSR count). The molecule has 0 aliphatic rings. The summed E-state index contributed by atoms with van der Waals surface area (Å²) in [6.07, 6.45) is -0.923. The van der Waals surface area contributed by atoms with E-state index in [1.165, 1.54) is 6.92 Å². The first-order valence-corrected chi connectivity index (χ1v) is 6.44. The number of hydrogen-bond donors (Lipinski definition) is 0. The summed E-state index contributed by atoms with van der Waals surface area (Å²) >= 11 is 0. The van der Waals surface area contributed by atoms with Gasteiger partial charge in [-0.2, -0.15) is 0 Å². The van der Waals surface area contributed by atoms with Crippen molar-refractivity contribution in [2.24, 2.45) is 5.41 Å². The summed E-state index contributed by atoms with van der Waals surface area (Å²) in [5, 5.41) is 0. The minimum atomic E-state index is -0.923. The van der Waals surface area contributed by atoms with Crippen LogP contribution in [0.15, 0.2) is 12.2 Å². The molecule has 0 aliphatic carbocycles. The third-order valence-corrected chi connectivity index (χ3v) is 2.03. The fourth-order valence-corrected chi connectivity index (χ4v) is 0.900. The molecular weight excluding hydrogens is 280 g/mol. The summed E-state index contributed by atoms with van der Waals surface area (Å²) in [5.41, 5.74) is -0.341. The fraction of sp³-hybridized carbons (Fsp3) is 0.643. The Labute approximate surface area is 124 Å². The number of esters is 2. The van der Waals surface area contributed by atoms with Crippen LogP contribution in [0.25, 0.3) is 0 Å². The molecule has 0 aromatic heterocycles. The third-order valence-electron chi connectivity index (χ3n) is 2.03. The maximum Gasteiger partial charge on any atom is 0.508 e. The van der Waals surface area contributed by atoms with E-state index in [1.54, 1.807) is 20.8 Å². The molecule has 0 atom stereocenters. The van der Waals surface area contributed by atoms with Gasteiger partial charge in [-0.25, -0.2) is 9.59 Å². The van der Waals surface area contributed by atoms with Crippen molar-refractivity contribution < 1.29 is 33.3 Å². The monoisotopic (exact) mass is 302 g/mol. The van der Waals surface area contributed by atoms with Crippen LogP contribution in [0.2, 0.25) is 0 Å². The molecule has 0 fully saturated rings. The molecular formula is C14H22O7. The van der Waals surface area contributed by atoms with Gasteiger partial charge in [0, 0.05) is 5.57 Å². The van der Waals surface area contributed by atoms with Crippen LogP contribution in [0.1, 0.15) is 27.7 Å². The van der Waals surface area contributed by atoms with Crippen LogP contribution < -0.4 is 0 Å². The van der Waals surface area contributed by atoms with Crippen molar-refractivity contribution in [1.82, 2.24) is 0 Å². The van der Waals surface area contributed by atoms with Gasteiger partial charge >= 0.3 is 18.1 Å². The predicted octanol–water partition coefficient (Wildman–Crippen LogP) is 1.85. The van der Waals surface area contributed by atoms with Crippen molar-refractivity contribution in [1.29, 1.82) is 0 Å². The number of carbonyl (C=O) groups excluding carboxylic acids is 3. The quantitative estimate of drug-likeness (QED) is 0.307. The van der Waals surface area contributed by atoms with Gasteiger partial charge in [0.25, 0.3) is 0 Å². The molecule has 120 valence electrons. The highest BCUT2D eigenvalue weighted by Gasteiger charge is 2.22. The summed E-state index contributed by atoms with van der Waals surface area (Å²) in [4.78, 5) is 33.5. The van der Waals surface area contributed by atoms with Crippen molar-refractivity contribution in [2.45, 2.75) is 27.7 Å². The van der Waals surface area contributed by atoms with Crippen LogP contribution in [-0.2, 0) is 28.5 Å². The normalized spacial score (nSPS) is 10.5. The minimum absolute atomic E-state index is 0.0458. The van der Waals surface area contributed by atoms with Gasteiger partial charge in [0.2, 0.25) is 0 Å². The van der Waals surface area contributed by atoms with E-state index < -0.39 is 17.5 Å². The Morgan fingerprint density at radius 2 is 1.29 bits per heavy atom. The van der Waals surface area contributed by atoms with Crippen LogP contribution in [0.5, 0.6) is 0 Å². The highest BCUT2D eigenvalue weighted by molar-refractivity contribution is 5.86. The molecule has 0 amide bonds. The van der Waals surface area contributed by atoms with Crippen molar-refractivity contribution in [3.8, 4) is 0 Å². The standard InChI is InChI=1S/C14H22O7/c1-10(2)11(15)18-6-8-20-13(17)21-9-7-19-12(16)14(3,4)5/h1,6-9H2,2-5H3. The molecule has 21 heavy (non-hydrogen) atoms. The summed E-state index contributed by atoms with van der Waals surface area (Å²) in [6.45, 7) is 9.71. The molecule has 0 radical (unpaired) electrons. The molecule has 7 nitrogen and oxygen atoms in total. The van der Waals surface area contributed by atoms with Crippen molar-refractivity contribution >= 4 is 18.1 Å². The molecule has 0 unspecified atom stereocenters. The Kier molecular flexibility index (Phi) is 8.11. The number of ether oxygens (including phenoxy) is 4. The number of hydrogen-bond acceptors (Lipinski definition) is 7.